The van der Waals surface area contributed by atoms with Gasteiger partial charge in [0.25, 0.3) is 0 Å². The first-order chi connectivity index (χ1) is 27.2. The van der Waals surface area contributed by atoms with E-state index in [2.05, 4.69) is 91.0 Å². The standard InChI is InChI=1S/C49H31N5S/c1-5-16-32(17-6-1)41-31-42(33-18-7-2-8-19-33)51-48(50-41)37-25-13-24-36(30-37)38-26-15-29-43-44(38)39-27-14-28-40(45(39)55-43)49-53-46(34-20-9-3-10-21-34)52-47(54-49)35-22-11-4-12-23-35/h1-31H. The molecule has 0 fully saturated rings. The van der Waals surface area contributed by atoms with Crippen LogP contribution in [0.5, 0.6) is 0 Å². The first kappa shape index (κ1) is 32.5. The van der Waals surface area contributed by atoms with Crippen LogP contribution in [0.2, 0.25) is 0 Å². The zero-order valence-electron chi connectivity index (χ0n) is 29.5. The van der Waals surface area contributed by atoms with Gasteiger partial charge in [-0.15, -0.1) is 11.3 Å². The minimum Gasteiger partial charge on any atom is -0.228 e. The lowest BCUT2D eigenvalue weighted by Crippen LogP contribution is -2.00. The molecule has 7 aromatic carbocycles. The van der Waals surface area contributed by atoms with Crippen LogP contribution in [-0.4, -0.2) is 24.9 Å². The number of nitrogens with zero attached hydrogens (tertiary/aromatic N) is 5. The summed E-state index contributed by atoms with van der Waals surface area (Å²) in [6, 6.07) is 64.5. The minimum absolute atomic E-state index is 0.647. The van der Waals surface area contributed by atoms with Gasteiger partial charge in [0.15, 0.2) is 23.3 Å². The smallest absolute Gasteiger partial charge is 0.165 e. The number of hydrogen-bond acceptors (Lipinski definition) is 6. The van der Waals surface area contributed by atoms with E-state index in [-0.39, 0.29) is 0 Å². The van der Waals surface area contributed by atoms with E-state index in [0.29, 0.717) is 23.3 Å². The number of hydrogen-bond donors (Lipinski definition) is 0. The van der Waals surface area contributed by atoms with Gasteiger partial charge in [0.05, 0.1) is 11.4 Å². The summed E-state index contributed by atoms with van der Waals surface area (Å²) in [6.45, 7) is 0. The van der Waals surface area contributed by atoms with Crippen LogP contribution in [0.4, 0.5) is 0 Å². The van der Waals surface area contributed by atoms with Crippen molar-refractivity contribution in [2.45, 2.75) is 0 Å². The third kappa shape index (κ3) is 6.24. The van der Waals surface area contributed by atoms with Crippen molar-refractivity contribution in [3.05, 3.63) is 188 Å². The monoisotopic (exact) mass is 721 g/mol. The highest BCUT2D eigenvalue weighted by Crippen LogP contribution is 2.44. The van der Waals surface area contributed by atoms with Gasteiger partial charge in [0.2, 0.25) is 0 Å². The first-order valence-corrected chi connectivity index (χ1v) is 19.0. The summed E-state index contributed by atoms with van der Waals surface area (Å²) in [4.78, 5) is 25.3. The Morgan fingerprint density at radius 1 is 0.309 bits per heavy atom. The fraction of sp³-hybridized carbons (Fsp3) is 0. The molecular weight excluding hydrogens is 691 g/mol. The molecule has 0 amide bonds. The summed E-state index contributed by atoms with van der Waals surface area (Å²) >= 11 is 1.77. The summed E-state index contributed by atoms with van der Waals surface area (Å²) in [6.07, 6.45) is 0. The van der Waals surface area contributed by atoms with Gasteiger partial charge in [0.1, 0.15) is 0 Å². The van der Waals surface area contributed by atoms with Crippen LogP contribution < -0.4 is 0 Å². The molecule has 0 saturated carbocycles. The minimum atomic E-state index is 0.647. The van der Waals surface area contributed by atoms with Crippen LogP contribution in [-0.2, 0) is 0 Å². The van der Waals surface area contributed by atoms with E-state index in [1.807, 2.05) is 97.1 Å². The fourth-order valence-electron chi connectivity index (χ4n) is 7.11. The molecule has 0 radical (unpaired) electrons. The molecule has 0 unspecified atom stereocenters. The largest absolute Gasteiger partial charge is 0.228 e. The first-order valence-electron chi connectivity index (χ1n) is 18.2. The molecule has 0 aliphatic carbocycles. The normalized spacial score (nSPS) is 11.3. The van der Waals surface area contributed by atoms with E-state index in [1.54, 1.807) is 11.3 Å². The molecule has 0 atom stereocenters. The van der Waals surface area contributed by atoms with Crippen molar-refractivity contribution in [1.82, 2.24) is 24.9 Å². The third-order valence-electron chi connectivity index (χ3n) is 9.76. The SMILES string of the molecule is c1ccc(-c2cc(-c3ccccc3)nc(-c3cccc(-c4cccc5sc6c(-c7nc(-c8ccccc8)nc(-c8ccccc8)n7)cccc6c45)c3)n2)cc1. The van der Waals surface area contributed by atoms with E-state index < -0.39 is 0 Å². The number of aromatic nitrogens is 5. The molecule has 55 heavy (non-hydrogen) atoms. The summed E-state index contributed by atoms with van der Waals surface area (Å²) in [5.41, 5.74) is 9.95. The maximum Gasteiger partial charge on any atom is 0.165 e. The summed E-state index contributed by atoms with van der Waals surface area (Å²) in [7, 11) is 0. The van der Waals surface area contributed by atoms with E-state index in [9.17, 15) is 0 Å². The van der Waals surface area contributed by atoms with Crippen molar-refractivity contribution in [1.29, 1.82) is 0 Å². The molecule has 0 saturated heterocycles. The molecule has 258 valence electrons. The Morgan fingerprint density at radius 2 is 0.764 bits per heavy atom. The van der Waals surface area contributed by atoms with E-state index in [0.717, 1.165) is 66.0 Å². The molecule has 10 rings (SSSR count). The molecule has 6 heteroatoms. The molecule has 10 aromatic rings. The van der Waals surface area contributed by atoms with Crippen LogP contribution in [0.3, 0.4) is 0 Å². The Hall–Kier alpha value is -7.15. The molecule has 3 heterocycles. The Labute approximate surface area is 322 Å². The average Bonchev–Trinajstić information content (AvgIpc) is 3.67. The van der Waals surface area contributed by atoms with Gasteiger partial charge in [0, 0.05) is 53.6 Å². The van der Waals surface area contributed by atoms with Gasteiger partial charge in [-0.25, -0.2) is 24.9 Å². The number of rotatable bonds is 7. The highest BCUT2D eigenvalue weighted by Gasteiger charge is 2.19. The zero-order chi connectivity index (χ0) is 36.6. The van der Waals surface area contributed by atoms with Gasteiger partial charge in [-0.3, -0.25) is 0 Å². The van der Waals surface area contributed by atoms with Crippen molar-refractivity contribution in [2.24, 2.45) is 0 Å². The summed E-state index contributed by atoms with van der Waals surface area (Å²) in [5.74, 6) is 2.63. The quantitative estimate of drug-likeness (QED) is 0.164. The van der Waals surface area contributed by atoms with Crippen LogP contribution in [0.1, 0.15) is 0 Å². The predicted octanol–water partition coefficient (Wildman–Crippen LogP) is 12.7. The van der Waals surface area contributed by atoms with Crippen molar-refractivity contribution >= 4 is 31.5 Å². The number of fused-ring (bicyclic) bond motifs is 3. The van der Waals surface area contributed by atoms with Crippen molar-refractivity contribution < 1.29 is 0 Å². The third-order valence-corrected chi connectivity index (χ3v) is 11.0. The molecule has 5 nitrogen and oxygen atoms in total. The van der Waals surface area contributed by atoms with Crippen molar-refractivity contribution in [2.75, 3.05) is 0 Å². The van der Waals surface area contributed by atoms with E-state index in [1.165, 1.54) is 10.1 Å². The van der Waals surface area contributed by atoms with Gasteiger partial charge >= 0.3 is 0 Å². The zero-order valence-corrected chi connectivity index (χ0v) is 30.4. The van der Waals surface area contributed by atoms with Crippen LogP contribution in [0.15, 0.2) is 188 Å². The van der Waals surface area contributed by atoms with Crippen molar-refractivity contribution in [3.8, 4) is 79.2 Å². The topological polar surface area (TPSA) is 64.5 Å². The lowest BCUT2D eigenvalue weighted by Gasteiger charge is -2.11. The van der Waals surface area contributed by atoms with Crippen LogP contribution >= 0.6 is 11.3 Å². The molecule has 0 aliphatic heterocycles. The second-order valence-corrected chi connectivity index (χ2v) is 14.3. The Morgan fingerprint density at radius 3 is 1.36 bits per heavy atom. The molecule has 0 spiro atoms. The second kappa shape index (κ2) is 14.0. The lowest BCUT2D eigenvalue weighted by atomic mass is 9.97. The average molecular weight is 722 g/mol. The van der Waals surface area contributed by atoms with Gasteiger partial charge < -0.3 is 0 Å². The molecule has 0 N–H and O–H groups in total. The summed E-state index contributed by atoms with van der Waals surface area (Å²) < 4.78 is 2.33. The molecular formula is C49H31N5S. The van der Waals surface area contributed by atoms with Gasteiger partial charge in [-0.05, 0) is 35.4 Å². The van der Waals surface area contributed by atoms with E-state index >= 15 is 0 Å². The Balaban J connectivity index is 1.12. The maximum absolute atomic E-state index is 5.11. The van der Waals surface area contributed by atoms with Crippen LogP contribution in [0.25, 0.3) is 99.4 Å². The fourth-order valence-corrected chi connectivity index (χ4v) is 8.35. The molecule has 0 aliphatic rings. The number of benzene rings is 7. The second-order valence-electron chi connectivity index (χ2n) is 13.3. The molecule has 3 aromatic heterocycles. The van der Waals surface area contributed by atoms with Gasteiger partial charge in [-0.1, -0.05) is 164 Å². The highest BCUT2D eigenvalue weighted by atomic mass is 32.1. The number of thiophene rings is 1. The Kier molecular flexibility index (Phi) is 8.28. The van der Waals surface area contributed by atoms with Crippen molar-refractivity contribution in [3.63, 3.8) is 0 Å². The molecule has 0 bridgehead atoms. The maximum atomic E-state index is 5.11. The van der Waals surface area contributed by atoms with Crippen LogP contribution in [0, 0.1) is 0 Å². The lowest BCUT2D eigenvalue weighted by molar-refractivity contribution is 1.08. The Bertz CT molecular complexity index is 2850. The predicted molar refractivity (Wildman–Crippen MR) is 226 cm³/mol. The van der Waals surface area contributed by atoms with Gasteiger partial charge in [-0.2, -0.15) is 0 Å². The summed E-state index contributed by atoms with van der Waals surface area (Å²) in [5, 5.41) is 2.36. The highest BCUT2D eigenvalue weighted by molar-refractivity contribution is 7.26. The van der Waals surface area contributed by atoms with E-state index in [4.69, 9.17) is 24.9 Å².